The summed E-state index contributed by atoms with van der Waals surface area (Å²) in [6.45, 7) is 0. The zero-order valence-corrected chi connectivity index (χ0v) is 17.9. The predicted molar refractivity (Wildman–Crippen MR) is 121 cm³/mol. The van der Waals surface area contributed by atoms with Crippen molar-refractivity contribution in [2.45, 2.75) is 51.0 Å². The SMILES string of the molecule is O=C(N[C@@H]1C[C@H]2CC[C@@H](C1)C2CCCc1ccc(Cl)cc1)c1ccc2cc[nH]c2n1. The van der Waals surface area contributed by atoms with Crippen LogP contribution in [0.25, 0.3) is 11.0 Å². The number of benzene rings is 1. The number of pyridine rings is 1. The third-order valence-electron chi connectivity index (χ3n) is 7.19. The molecular formula is C25H28ClN3O. The Balaban J connectivity index is 1.15. The summed E-state index contributed by atoms with van der Waals surface area (Å²) in [6, 6.07) is 14.3. The van der Waals surface area contributed by atoms with Gasteiger partial charge in [-0.3, -0.25) is 4.79 Å². The second-order valence-corrected chi connectivity index (χ2v) is 9.47. The van der Waals surface area contributed by atoms with E-state index in [1.165, 1.54) is 31.2 Å². The lowest BCUT2D eigenvalue weighted by molar-refractivity contribution is 0.0889. The third-order valence-corrected chi connectivity index (χ3v) is 7.44. The second-order valence-electron chi connectivity index (χ2n) is 9.03. The van der Waals surface area contributed by atoms with Gasteiger partial charge < -0.3 is 10.3 Å². The maximum atomic E-state index is 12.7. The number of hydrogen-bond donors (Lipinski definition) is 2. The monoisotopic (exact) mass is 421 g/mol. The van der Waals surface area contributed by atoms with E-state index in [4.69, 9.17) is 11.6 Å². The number of aromatic amines is 1. The molecule has 156 valence electrons. The molecule has 4 atom stereocenters. The molecule has 2 N–H and O–H groups in total. The highest BCUT2D eigenvalue weighted by Crippen LogP contribution is 2.49. The van der Waals surface area contributed by atoms with Gasteiger partial charge in [0.15, 0.2) is 0 Å². The van der Waals surface area contributed by atoms with Gasteiger partial charge in [0, 0.05) is 22.6 Å². The molecule has 3 aromatic rings. The first-order valence-electron chi connectivity index (χ1n) is 11.1. The number of amides is 1. The van der Waals surface area contributed by atoms with Crippen molar-refractivity contribution in [2.75, 3.05) is 0 Å². The number of halogens is 1. The Morgan fingerprint density at radius 2 is 1.83 bits per heavy atom. The van der Waals surface area contributed by atoms with Gasteiger partial charge in [0.1, 0.15) is 11.3 Å². The zero-order valence-electron chi connectivity index (χ0n) is 17.1. The minimum atomic E-state index is -0.0444. The number of fused-ring (bicyclic) bond motifs is 3. The fourth-order valence-electron chi connectivity index (χ4n) is 5.75. The van der Waals surface area contributed by atoms with E-state index >= 15 is 0 Å². The quantitative estimate of drug-likeness (QED) is 0.530. The Morgan fingerprint density at radius 1 is 1.07 bits per heavy atom. The highest BCUT2D eigenvalue weighted by molar-refractivity contribution is 6.30. The molecule has 2 aromatic heterocycles. The molecule has 1 aromatic carbocycles. The van der Waals surface area contributed by atoms with Crippen LogP contribution in [0.5, 0.6) is 0 Å². The maximum Gasteiger partial charge on any atom is 0.270 e. The average molecular weight is 422 g/mol. The van der Waals surface area contributed by atoms with Crippen LogP contribution in [-0.4, -0.2) is 21.9 Å². The number of aryl methyl sites for hydroxylation is 1. The number of hydrogen-bond acceptors (Lipinski definition) is 2. The van der Waals surface area contributed by atoms with E-state index in [2.05, 4.69) is 27.4 Å². The molecule has 0 saturated heterocycles. The summed E-state index contributed by atoms with van der Waals surface area (Å²) in [5.74, 6) is 2.27. The highest BCUT2D eigenvalue weighted by atomic mass is 35.5. The van der Waals surface area contributed by atoms with Gasteiger partial charge in [-0.1, -0.05) is 23.7 Å². The molecular weight excluding hydrogens is 394 g/mol. The summed E-state index contributed by atoms with van der Waals surface area (Å²) in [5, 5.41) is 5.11. The third kappa shape index (κ3) is 4.11. The van der Waals surface area contributed by atoms with Gasteiger partial charge in [-0.25, -0.2) is 4.98 Å². The van der Waals surface area contributed by atoms with E-state index in [0.717, 1.165) is 53.1 Å². The summed E-state index contributed by atoms with van der Waals surface area (Å²) in [7, 11) is 0. The molecule has 2 aliphatic carbocycles. The average Bonchev–Trinajstić information content (AvgIpc) is 3.31. The minimum absolute atomic E-state index is 0.0444. The van der Waals surface area contributed by atoms with Crippen LogP contribution in [0.15, 0.2) is 48.7 Å². The summed E-state index contributed by atoms with van der Waals surface area (Å²) in [5.41, 5.74) is 2.65. The summed E-state index contributed by atoms with van der Waals surface area (Å²) in [4.78, 5) is 20.3. The van der Waals surface area contributed by atoms with E-state index < -0.39 is 0 Å². The lowest BCUT2D eigenvalue weighted by atomic mass is 9.74. The van der Waals surface area contributed by atoms with Crippen molar-refractivity contribution in [1.29, 1.82) is 0 Å². The molecule has 2 heterocycles. The first-order chi connectivity index (χ1) is 14.7. The fourth-order valence-corrected chi connectivity index (χ4v) is 5.88. The number of nitrogens with one attached hydrogen (secondary N) is 2. The lowest BCUT2D eigenvalue weighted by Gasteiger charge is -2.36. The molecule has 2 bridgehead atoms. The molecule has 1 unspecified atom stereocenters. The van der Waals surface area contributed by atoms with Gasteiger partial charge in [0.2, 0.25) is 0 Å². The first kappa shape index (κ1) is 19.6. The molecule has 1 amide bonds. The van der Waals surface area contributed by atoms with Crippen molar-refractivity contribution in [3.05, 3.63) is 64.9 Å². The summed E-state index contributed by atoms with van der Waals surface area (Å²) in [6.07, 6.45) is 10.4. The largest absolute Gasteiger partial charge is 0.348 e. The van der Waals surface area contributed by atoms with Gasteiger partial charge in [0.25, 0.3) is 5.91 Å². The molecule has 2 aliphatic rings. The van der Waals surface area contributed by atoms with Gasteiger partial charge in [0.05, 0.1) is 0 Å². The standard InChI is InChI=1S/C25H28ClN3O/c26-20-9-4-16(5-10-20)2-1-3-22-18-6-7-19(22)15-21(14-18)28-25(30)23-11-8-17-12-13-27-24(17)29-23/h4-5,8-13,18-19,21-22H,1-3,6-7,14-15H2,(H,27,29)(H,28,30)/t18-,19+,21-,22?. The van der Waals surface area contributed by atoms with E-state index in [1.807, 2.05) is 36.5 Å². The maximum absolute atomic E-state index is 12.7. The second kappa shape index (κ2) is 8.43. The number of carbonyl (C=O) groups is 1. The van der Waals surface area contributed by atoms with Crippen molar-refractivity contribution in [3.63, 3.8) is 0 Å². The van der Waals surface area contributed by atoms with Crippen LogP contribution >= 0.6 is 11.6 Å². The number of nitrogens with zero attached hydrogens (tertiary/aromatic N) is 1. The number of aromatic nitrogens is 2. The van der Waals surface area contributed by atoms with Crippen LogP contribution in [0, 0.1) is 17.8 Å². The van der Waals surface area contributed by atoms with Crippen molar-refractivity contribution >= 4 is 28.5 Å². The minimum Gasteiger partial charge on any atom is -0.348 e. The van der Waals surface area contributed by atoms with E-state index in [1.54, 1.807) is 0 Å². The molecule has 2 saturated carbocycles. The smallest absolute Gasteiger partial charge is 0.270 e. The molecule has 4 nitrogen and oxygen atoms in total. The van der Waals surface area contributed by atoms with Gasteiger partial charge in [-0.05, 0) is 98.6 Å². The number of H-pyrrole nitrogens is 1. The van der Waals surface area contributed by atoms with Crippen molar-refractivity contribution in [3.8, 4) is 0 Å². The van der Waals surface area contributed by atoms with Crippen LogP contribution in [-0.2, 0) is 6.42 Å². The molecule has 2 fully saturated rings. The fraction of sp³-hybridized carbons (Fsp3) is 0.440. The molecule has 0 aliphatic heterocycles. The van der Waals surface area contributed by atoms with Crippen LogP contribution in [0.4, 0.5) is 0 Å². The van der Waals surface area contributed by atoms with Gasteiger partial charge in [-0.2, -0.15) is 0 Å². The molecule has 0 spiro atoms. The first-order valence-corrected chi connectivity index (χ1v) is 11.5. The van der Waals surface area contributed by atoms with Crippen molar-refractivity contribution in [2.24, 2.45) is 17.8 Å². The van der Waals surface area contributed by atoms with Crippen LogP contribution < -0.4 is 5.32 Å². The Morgan fingerprint density at radius 3 is 2.60 bits per heavy atom. The van der Waals surface area contributed by atoms with Crippen LogP contribution in [0.1, 0.15) is 54.6 Å². The predicted octanol–water partition coefficient (Wildman–Crippen LogP) is 5.77. The van der Waals surface area contributed by atoms with Crippen molar-refractivity contribution < 1.29 is 4.79 Å². The molecule has 30 heavy (non-hydrogen) atoms. The summed E-state index contributed by atoms with van der Waals surface area (Å²) >= 11 is 5.99. The van der Waals surface area contributed by atoms with Gasteiger partial charge >= 0.3 is 0 Å². The Hall–Kier alpha value is -2.33. The lowest BCUT2D eigenvalue weighted by Crippen LogP contribution is -2.42. The highest BCUT2D eigenvalue weighted by Gasteiger charge is 2.42. The van der Waals surface area contributed by atoms with E-state index in [-0.39, 0.29) is 11.9 Å². The van der Waals surface area contributed by atoms with E-state index in [9.17, 15) is 4.79 Å². The normalized spacial score (nSPS) is 25.5. The Kier molecular flexibility index (Phi) is 5.51. The molecule has 5 heteroatoms. The van der Waals surface area contributed by atoms with E-state index in [0.29, 0.717) is 5.69 Å². The van der Waals surface area contributed by atoms with Crippen molar-refractivity contribution in [1.82, 2.24) is 15.3 Å². The summed E-state index contributed by atoms with van der Waals surface area (Å²) < 4.78 is 0. The Labute approximate surface area is 182 Å². The number of carbonyl (C=O) groups excluding carboxylic acids is 1. The molecule has 5 rings (SSSR count). The zero-order chi connectivity index (χ0) is 20.5. The number of rotatable bonds is 6. The van der Waals surface area contributed by atoms with Gasteiger partial charge in [-0.15, -0.1) is 0 Å². The van der Waals surface area contributed by atoms with Crippen LogP contribution in [0.3, 0.4) is 0 Å². The Bertz CT molecular complexity index is 1010. The van der Waals surface area contributed by atoms with Crippen LogP contribution in [0.2, 0.25) is 5.02 Å². The molecule has 0 radical (unpaired) electrons. The topological polar surface area (TPSA) is 57.8 Å².